The molecule has 0 aromatic heterocycles. The molecule has 0 spiro atoms. The summed E-state index contributed by atoms with van der Waals surface area (Å²) in [5.74, 6) is -1.21. The zero-order valence-electron chi connectivity index (χ0n) is 10.4. The van der Waals surface area contributed by atoms with Crippen LogP contribution in [0.1, 0.15) is 40.0 Å². The van der Waals surface area contributed by atoms with Crippen LogP contribution < -0.4 is 5.73 Å². The highest BCUT2D eigenvalue weighted by molar-refractivity contribution is 5.69. The third-order valence-electron chi connectivity index (χ3n) is 2.03. The summed E-state index contributed by atoms with van der Waals surface area (Å²) >= 11 is 0. The van der Waals surface area contributed by atoms with Crippen LogP contribution in [-0.4, -0.2) is 24.3 Å². The molecule has 0 bridgehead atoms. The number of nitrogens with two attached hydrogens (primary N) is 1. The van der Waals surface area contributed by atoms with E-state index in [0.29, 0.717) is 0 Å². The monoisotopic (exact) mass is 255 g/mol. The molecule has 1 atom stereocenters. The van der Waals surface area contributed by atoms with Crippen molar-refractivity contribution in [2.24, 2.45) is 11.7 Å². The van der Waals surface area contributed by atoms with Gasteiger partial charge < -0.3 is 10.5 Å². The Morgan fingerprint density at radius 3 is 2.18 bits per heavy atom. The highest BCUT2D eigenvalue weighted by Gasteiger charge is 2.31. The van der Waals surface area contributed by atoms with Crippen LogP contribution in [0.4, 0.5) is 13.2 Å². The second-order valence-electron chi connectivity index (χ2n) is 5.05. The number of rotatable bonds is 5. The standard InChI is InChI=1S/C11H20F3NO2/c1-10(2,3)17-9(16)5-4-8(7-15)6-11(12,13)14/h8H,4-7,15H2,1-3H3. The molecule has 0 saturated carbocycles. The minimum Gasteiger partial charge on any atom is -0.460 e. The van der Waals surface area contributed by atoms with E-state index in [1.165, 1.54) is 0 Å². The Hall–Kier alpha value is -0.780. The average molecular weight is 255 g/mol. The zero-order valence-corrected chi connectivity index (χ0v) is 10.4. The van der Waals surface area contributed by atoms with Gasteiger partial charge in [0.1, 0.15) is 5.60 Å². The summed E-state index contributed by atoms with van der Waals surface area (Å²) < 4.78 is 41.4. The summed E-state index contributed by atoms with van der Waals surface area (Å²) in [5, 5.41) is 0. The van der Waals surface area contributed by atoms with E-state index in [4.69, 9.17) is 10.5 Å². The fourth-order valence-electron chi connectivity index (χ4n) is 1.35. The van der Waals surface area contributed by atoms with Gasteiger partial charge in [0.05, 0.1) is 0 Å². The maximum Gasteiger partial charge on any atom is 0.389 e. The molecular weight excluding hydrogens is 235 g/mol. The summed E-state index contributed by atoms with van der Waals surface area (Å²) in [7, 11) is 0. The zero-order chi connectivity index (χ0) is 13.7. The van der Waals surface area contributed by atoms with E-state index in [0.717, 1.165) is 0 Å². The van der Waals surface area contributed by atoms with Gasteiger partial charge >= 0.3 is 12.1 Å². The van der Waals surface area contributed by atoms with Crippen LogP contribution in [0.3, 0.4) is 0 Å². The topological polar surface area (TPSA) is 52.3 Å². The van der Waals surface area contributed by atoms with Crippen LogP contribution in [0.2, 0.25) is 0 Å². The van der Waals surface area contributed by atoms with E-state index in [1.807, 2.05) is 0 Å². The van der Waals surface area contributed by atoms with E-state index < -0.39 is 30.1 Å². The quantitative estimate of drug-likeness (QED) is 0.768. The van der Waals surface area contributed by atoms with Crippen molar-refractivity contribution in [2.45, 2.75) is 51.8 Å². The fourth-order valence-corrected chi connectivity index (χ4v) is 1.35. The molecule has 0 aliphatic rings. The highest BCUT2D eigenvalue weighted by atomic mass is 19.4. The largest absolute Gasteiger partial charge is 0.460 e. The molecule has 17 heavy (non-hydrogen) atoms. The number of hydrogen-bond acceptors (Lipinski definition) is 3. The Labute approximate surface area is 99.5 Å². The molecule has 0 heterocycles. The second-order valence-corrected chi connectivity index (χ2v) is 5.05. The van der Waals surface area contributed by atoms with Crippen molar-refractivity contribution in [1.82, 2.24) is 0 Å². The molecule has 0 aliphatic heterocycles. The predicted octanol–water partition coefficient (Wildman–Crippen LogP) is 2.64. The van der Waals surface area contributed by atoms with Gasteiger partial charge in [-0.2, -0.15) is 13.2 Å². The number of esters is 1. The summed E-state index contributed by atoms with van der Waals surface area (Å²) in [6, 6.07) is 0. The van der Waals surface area contributed by atoms with Crippen molar-refractivity contribution in [3.63, 3.8) is 0 Å². The van der Waals surface area contributed by atoms with Gasteiger partial charge in [0.15, 0.2) is 0 Å². The first-order chi connectivity index (χ1) is 7.53. The number of carbonyl (C=O) groups is 1. The Kier molecular flexibility index (Phi) is 5.95. The molecule has 0 fully saturated rings. The van der Waals surface area contributed by atoms with E-state index in [-0.39, 0.29) is 19.4 Å². The van der Waals surface area contributed by atoms with Crippen LogP contribution in [0.5, 0.6) is 0 Å². The van der Waals surface area contributed by atoms with Gasteiger partial charge in [-0.25, -0.2) is 0 Å². The number of halogens is 3. The minimum atomic E-state index is -4.24. The number of alkyl halides is 3. The first-order valence-electron chi connectivity index (χ1n) is 5.52. The smallest absolute Gasteiger partial charge is 0.389 e. The third kappa shape index (κ3) is 10.1. The molecule has 1 unspecified atom stereocenters. The van der Waals surface area contributed by atoms with Gasteiger partial charge in [0.25, 0.3) is 0 Å². The SMILES string of the molecule is CC(C)(C)OC(=O)CCC(CN)CC(F)(F)F. The van der Waals surface area contributed by atoms with Crippen molar-refractivity contribution in [3.8, 4) is 0 Å². The Balaban J connectivity index is 4.03. The lowest BCUT2D eigenvalue weighted by atomic mass is 9.99. The Morgan fingerprint density at radius 2 is 1.82 bits per heavy atom. The summed E-state index contributed by atoms with van der Waals surface area (Å²) in [5.41, 5.74) is 4.63. The molecule has 0 aromatic carbocycles. The summed E-state index contributed by atoms with van der Waals surface area (Å²) in [4.78, 5) is 11.3. The number of carbonyl (C=O) groups excluding carboxylic acids is 1. The maximum absolute atomic E-state index is 12.1. The molecular formula is C11H20F3NO2. The van der Waals surface area contributed by atoms with E-state index in [1.54, 1.807) is 20.8 Å². The van der Waals surface area contributed by atoms with Crippen LogP contribution in [0.15, 0.2) is 0 Å². The number of hydrogen-bond donors (Lipinski definition) is 1. The van der Waals surface area contributed by atoms with Crippen molar-refractivity contribution >= 4 is 5.97 Å². The van der Waals surface area contributed by atoms with Crippen LogP contribution in [-0.2, 0) is 9.53 Å². The van der Waals surface area contributed by atoms with Crippen LogP contribution in [0.25, 0.3) is 0 Å². The molecule has 0 aromatic rings. The Bertz CT molecular complexity index is 246. The molecule has 0 radical (unpaired) electrons. The third-order valence-corrected chi connectivity index (χ3v) is 2.03. The van der Waals surface area contributed by atoms with Gasteiger partial charge in [-0.05, 0) is 39.7 Å². The van der Waals surface area contributed by atoms with Gasteiger partial charge in [-0.3, -0.25) is 4.79 Å². The molecule has 6 heteroatoms. The van der Waals surface area contributed by atoms with Gasteiger partial charge in [-0.15, -0.1) is 0 Å². The van der Waals surface area contributed by atoms with Gasteiger partial charge in [-0.1, -0.05) is 0 Å². The summed E-state index contributed by atoms with van der Waals surface area (Å²) in [6.07, 6.45) is -5.12. The van der Waals surface area contributed by atoms with Crippen molar-refractivity contribution < 1.29 is 22.7 Å². The molecule has 2 N–H and O–H groups in total. The molecule has 102 valence electrons. The Morgan fingerprint density at radius 1 is 1.29 bits per heavy atom. The molecule has 0 saturated heterocycles. The van der Waals surface area contributed by atoms with Crippen molar-refractivity contribution in [2.75, 3.05) is 6.54 Å². The first kappa shape index (κ1) is 16.2. The van der Waals surface area contributed by atoms with E-state index in [2.05, 4.69) is 0 Å². The van der Waals surface area contributed by atoms with Crippen molar-refractivity contribution in [3.05, 3.63) is 0 Å². The lowest BCUT2D eigenvalue weighted by Crippen LogP contribution is -2.26. The van der Waals surface area contributed by atoms with Gasteiger partial charge in [0.2, 0.25) is 0 Å². The first-order valence-corrected chi connectivity index (χ1v) is 5.52. The molecule has 3 nitrogen and oxygen atoms in total. The lowest BCUT2D eigenvalue weighted by molar-refractivity contribution is -0.157. The van der Waals surface area contributed by atoms with Crippen LogP contribution in [0, 0.1) is 5.92 Å². The summed E-state index contributed by atoms with van der Waals surface area (Å²) in [6.45, 7) is 5.05. The molecule has 0 rings (SSSR count). The van der Waals surface area contributed by atoms with Crippen molar-refractivity contribution in [1.29, 1.82) is 0 Å². The normalized spacial score (nSPS) is 14.5. The second kappa shape index (κ2) is 6.23. The lowest BCUT2D eigenvalue weighted by Gasteiger charge is -2.21. The molecule has 0 aliphatic carbocycles. The van der Waals surface area contributed by atoms with Crippen LogP contribution >= 0.6 is 0 Å². The van der Waals surface area contributed by atoms with E-state index in [9.17, 15) is 18.0 Å². The minimum absolute atomic E-state index is 0.0325. The predicted molar refractivity (Wildman–Crippen MR) is 58.3 cm³/mol. The molecule has 0 amide bonds. The average Bonchev–Trinajstić information content (AvgIpc) is 2.07. The fraction of sp³-hybridized carbons (Fsp3) is 0.909. The highest BCUT2D eigenvalue weighted by Crippen LogP contribution is 2.27. The van der Waals surface area contributed by atoms with E-state index >= 15 is 0 Å². The van der Waals surface area contributed by atoms with Gasteiger partial charge in [0, 0.05) is 12.8 Å². The number of ether oxygens (including phenoxy) is 1. The maximum atomic E-state index is 12.1.